The third kappa shape index (κ3) is 3.26. The van der Waals surface area contributed by atoms with Crippen molar-refractivity contribution in [1.82, 2.24) is 0 Å². The van der Waals surface area contributed by atoms with Gasteiger partial charge in [-0.3, -0.25) is 14.4 Å². The maximum Gasteiger partial charge on any atom is 0.273 e. The highest BCUT2D eigenvalue weighted by Crippen LogP contribution is 2.27. The highest BCUT2D eigenvalue weighted by atomic mass is 32.2. The molecule has 2 aromatic carbocycles. The van der Waals surface area contributed by atoms with Crippen LogP contribution in [0.1, 0.15) is 5.56 Å². The Labute approximate surface area is 134 Å². The van der Waals surface area contributed by atoms with E-state index in [0.29, 0.717) is 17.0 Å². The molecule has 0 fully saturated rings. The lowest BCUT2D eigenvalue weighted by Crippen LogP contribution is -2.26. The first-order valence-corrected chi connectivity index (χ1v) is 8.09. The number of sulfonamides is 1. The van der Waals surface area contributed by atoms with Crippen LogP contribution in [0.25, 0.3) is 0 Å². The molecule has 0 bridgehead atoms. The maximum absolute atomic E-state index is 12.6. The lowest BCUT2D eigenvalue weighted by atomic mass is 10.2. The second-order valence-corrected chi connectivity index (χ2v) is 6.85. The number of nitro benzene ring substituents is 1. The van der Waals surface area contributed by atoms with Crippen LogP contribution in [0, 0.1) is 17.0 Å². The molecule has 0 saturated carbocycles. The number of aryl methyl sites for hydroxylation is 1. The van der Waals surface area contributed by atoms with E-state index in [9.17, 15) is 18.5 Å². The van der Waals surface area contributed by atoms with E-state index in [2.05, 4.69) is 0 Å². The smallest absolute Gasteiger partial charge is 0.273 e. The number of nitrogens with zero attached hydrogens (tertiary/aromatic N) is 2. The summed E-state index contributed by atoms with van der Waals surface area (Å²) in [5.41, 5.74) is 0.601. The first-order valence-electron chi connectivity index (χ1n) is 6.65. The summed E-state index contributed by atoms with van der Waals surface area (Å²) in [6.45, 7) is 1.56. The Morgan fingerprint density at radius 3 is 2.26 bits per heavy atom. The van der Waals surface area contributed by atoms with Gasteiger partial charge in [-0.25, -0.2) is 8.42 Å². The van der Waals surface area contributed by atoms with Crippen LogP contribution in [0.15, 0.2) is 47.4 Å². The SMILES string of the molecule is COc1ccc(N(C)S(=O)(=O)c2ccc(C)c([N+](=O)[O-])c2)cc1. The van der Waals surface area contributed by atoms with Crippen molar-refractivity contribution in [3.63, 3.8) is 0 Å². The molecule has 23 heavy (non-hydrogen) atoms. The van der Waals surface area contributed by atoms with Crippen molar-refractivity contribution >= 4 is 21.4 Å². The van der Waals surface area contributed by atoms with Gasteiger partial charge < -0.3 is 4.74 Å². The van der Waals surface area contributed by atoms with Crippen molar-refractivity contribution in [3.05, 3.63) is 58.1 Å². The molecule has 0 aliphatic heterocycles. The molecule has 122 valence electrons. The molecule has 0 unspecified atom stereocenters. The van der Waals surface area contributed by atoms with Gasteiger partial charge in [-0.15, -0.1) is 0 Å². The standard InChI is InChI=1S/C15H16N2O5S/c1-11-4-9-14(10-15(11)17(18)19)23(20,21)16(2)12-5-7-13(22-3)8-6-12/h4-10H,1-3H3. The van der Waals surface area contributed by atoms with E-state index < -0.39 is 14.9 Å². The van der Waals surface area contributed by atoms with Crippen molar-refractivity contribution in [1.29, 1.82) is 0 Å². The molecule has 0 aromatic heterocycles. The molecule has 0 radical (unpaired) electrons. The zero-order valence-electron chi connectivity index (χ0n) is 12.9. The van der Waals surface area contributed by atoms with E-state index in [4.69, 9.17) is 4.74 Å². The molecule has 2 rings (SSSR count). The van der Waals surface area contributed by atoms with Crippen LogP contribution in [0.2, 0.25) is 0 Å². The number of methoxy groups -OCH3 is 1. The minimum absolute atomic E-state index is 0.131. The molecule has 7 nitrogen and oxygen atoms in total. The molecule has 0 atom stereocenters. The molecule has 8 heteroatoms. The molecule has 0 saturated heterocycles. The number of hydrogen-bond donors (Lipinski definition) is 0. The van der Waals surface area contributed by atoms with Crippen molar-refractivity contribution in [3.8, 4) is 5.75 Å². The van der Waals surface area contributed by atoms with Gasteiger partial charge in [-0.05, 0) is 37.3 Å². The van der Waals surface area contributed by atoms with Crippen LogP contribution in [-0.4, -0.2) is 27.5 Å². The Kier molecular flexibility index (Phi) is 4.55. The maximum atomic E-state index is 12.6. The van der Waals surface area contributed by atoms with Gasteiger partial charge in [0.2, 0.25) is 0 Å². The van der Waals surface area contributed by atoms with E-state index >= 15 is 0 Å². The Morgan fingerprint density at radius 2 is 1.74 bits per heavy atom. The summed E-state index contributed by atoms with van der Waals surface area (Å²) < 4.78 is 31.4. The number of anilines is 1. The Morgan fingerprint density at radius 1 is 1.13 bits per heavy atom. The number of ether oxygens (including phenoxy) is 1. The minimum Gasteiger partial charge on any atom is -0.497 e. The summed E-state index contributed by atoms with van der Waals surface area (Å²) in [7, 11) is -0.990. The van der Waals surface area contributed by atoms with Crippen molar-refractivity contribution in [2.24, 2.45) is 0 Å². The van der Waals surface area contributed by atoms with Crippen LogP contribution >= 0.6 is 0 Å². The van der Waals surface area contributed by atoms with Gasteiger partial charge >= 0.3 is 0 Å². The van der Waals surface area contributed by atoms with E-state index in [1.54, 1.807) is 31.2 Å². The van der Waals surface area contributed by atoms with Crippen LogP contribution < -0.4 is 9.04 Å². The van der Waals surface area contributed by atoms with Gasteiger partial charge in [-0.1, -0.05) is 6.07 Å². The predicted octanol–water partition coefficient (Wildman–Crippen LogP) is 2.74. The Hall–Kier alpha value is -2.61. The van der Waals surface area contributed by atoms with Crippen molar-refractivity contribution < 1.29 is 18.1 Å². The first-order chi connectivity index (χ1) is 10.8. The molecular weight excluding hydrogens is 320 g/mol. The van der Waals surface area contributed by atoms with E-state index in [0.717, 1.165) is 10.4 Å². The minimum atomic E-state index is -3.90. The second-order valence-electron chi connectivity index (χ2n) is 4.88. The van der Waals surface area contributed by atoms with Gasteiger partial charge in [-0.2, -0.15) is 0 Å². The largest absolute Gasteiger partial charge is 0.497 e. The molecule has 0 amide bonds. The summed E-state index contributed by atoms with van der Waals surface area (Å²) in [5.74, 6) is 0.602. The van der Waals surface area contributed by atoms with E-state index in [1.807, 2.05) is 0 Å². The Balaban J connectivity index is 2.44. The topological polar surface area (TPSA) is 89.8 Å². The summed E-state index contributed by atoms with van der Waals surface area (Å²) in [6, 6.07) is 10.3. The van der Waals surface area contributed by atoms with Gasteiger partial charge in [0.1, 0.15) is 5.75 Å². The molecule has 0 aliphatic carbocycles. The molecular formula is C15H16N2O5S. The summed E-state index contributed by atoms with van der Waals surface area (Å²) in [4.78, 5) is 10.3. The zero-order chi connectivity index (χ0) is 17.2. The van der Waals surface area contributed by atoms with Crippen molar-refractivity contribution in [2.75, 3.05) is 18.5 Å². The fraction of sp³-hybridized carbons (Fsp3) is 0.200. The van der Waals surface area contributed by atoms with Crippen LogP contribution in [0.3, 0.4) is 0 Å². The molecule has 0 N–H and O–H groups in total. The highest BCUT2D eigenvalue weighted by molar-refractivity contribution is 7.92. The lowest BCUT2D eigenvalue weighted by molar-refractivity contribution is -0.385. The molecule has 0 spiro atoms. The highest BCUT2D eigenvalue weighted by Gasteiger charge is 2.24. The first kappa shape index (κ1) is 16.8. The number of nitro groups is 1. The fourth-order valence-corrected chi connectivity index (χ4v) is 3.25. The molecule has 0 heterocycles. The number of hydrogen-bond acceptors (Lipinski definition) is 5. The van der Waals surface area contributed by atoms with Crippen LogP contribution in [0.4, 0.5) is 11.4 Å². The monoisotopic (exact) mass is 336 g/mol. The van der Waals surface area contributed by atoms with Gasteiger partial charge in [0.05, 0.1) is 22.6 Å². The Bertz CT molecular complexity index is 831. The van der Waals surface area contributed by atoms with Crippen LogP contribution in [-0.2, 0) is 10.0 Å². The average Bonchev–Trinajstić information content (AvgIpc) is 2.54. The van der Waals surface area contributed by atoms with Gasteiger partial charge in [0.15, 0.2) is 0 Å². The third-order valence-electron chi connectivity index (χ3n) is 3.47. The third-order valence-corrected chi connectivity index (χ3v) is 5.25. The predicted molar refractivity (Wildman–Crippen MR) is 86.4 cm³/mol. The van der Waals surface area contributed by atoms with Crippen molar-refractivity contribution in [2.45, 2.75) is 11.8 Å². The number of benzene rings is 2. The van der Waals surface area contributed by atoms with E-state index in [1.165, 1.54) is 26.3 Å². The summed E-state index contributed by atoms with van der Waals surface area (Å²) >= 11 is 0. The number of rotatable bonds is 5. The average molecular weight is 336 g/mol. The lowest BCUT2D eigenvalue weighted by Gasteiger charge is -2.19. The quantitative estimate of drug-likeness (QED) is 0.618. The van der Waals surface area contributed by atoms with E-state index in [-0.39, 0.29) is 10.6 Å². The zero-order valence-corrected chi connectivity index (χ0v) is 13.7. The summed E-state index contributed by atoms with van der Waals surface area (Å²) in [5, 5.41) is 11.0. The summed E-state index contributed by atoms with van der Waals surface area (Å²) in [6.07, 6.45) is 0. The van der Waals surface area contributed by atoms with Crippen LogP contribution in [0.5, 0.6) is 5.75 Å². The fourth-order valence-electron chi connectivity index (χ4n) is 2.04. The normalized spacial score (nSPS) is 11.1. The van der Waals surface area contributed by atoms with Gasteiger partial charge in [0.25, 0.3) is 15.7 Å². The second kappa shape index (κ2) is 6.25. The molecule has 2 aromatic rings. The van der Waals surface area contributed by atoms with Gasteiger partial charge in [0, 0.05) is 18.7 Å². The molecule has 0 aliphatic rings.